The zero-order chi connectivity index (χ0) is 37.4. The molecule has 2 aromatic carbocycles. The van der Waals surface area contributed by atoms with Crippen LogP contribution < -0.4 is 38.2 Å². The number of imide groups is 1. The van der Waals surface area contributed by atoms with E-state index in [-0.39, 0.29) is 56.0 Å². The highest BCUT2D eigenvalue weighted by Crippen LogP contribution is 2.43. The van der Waals surface area contributed by atoms with Crippen molar-refractivity contribution in [2.75, 3.05) is 56.0 Å². The van der Waals surface area contributed by atoms with Gasteiger partial charge in [0, 0.05) is 62.7 Å². The van der Waals surface area contributed by atoms with Gasteiger partial charge in [-0.05, 0) is 110 Å². The first-order valence-electron chi connectivity index (χ1n) is 18.2. The summed E-state index contributed by atoms with van der Waals surface area (Å²) in [7, 11) is 0. The number of quaternary nitrogens is 1. The molecule has 5 N–H and O–H groups in total. The number of carbonyl (C=O) groups is 5. The number of rotatable bonds is 16. The van der Waals surface area contributed by atoms with Crippen molar-refractivity contribution in [2.45, 2.75) is 53.0 Å². The van der Waals surface area contributed by atoms with Crippen molar-refractivity contribution >= 4 is 46.7 Å². The second-order valence-corrected chi connectivity index (χ2v) is 13.0. The van der Waals surface area contributed by atoms with E-state index < -0.39 is 23.8 Å². The molecule has 12 nitrogen and oxygen atoms in total. The zero-order valence-electron chi connectivity index (χ0n) is 30.8. The van der Waals surface area contributed by atoms with Crippen molar-refractivity contribution in [3.05, 3.63) is 100 Å². The van der Waals surface area contributed by atoms with Gasteiger partial charge in [-0.1, -0.05) is 18.2 Å². The molecule has 2 aromatic rings. The van der Waals surface area contributed by atoms with Crippen LogP contribution in [0.3, 0.4) is 0 Å². The van der Waals surface area contributed by atoms with E-state index in [0.717, 1.165) is 65.5 Å². The first-order valence-corrected chi connectivity index (χ1v) is 18.2. The van der Waals surface area contributed by atoms with Crippen LogP contribution in [0.4, 0.5) is 16.2 Å². The first-order chi connectivity index (χ1) is 25.1. The predicted molar refractivity (Wildman–Crippen MR) is 201 cm³/mol. The molecule has 3 aliphatic rings. The van der Waals surface area contributed by atoms with Crippen LogP contribution >= 0.6 is 0 Å². The molecule has 1 atom stereocenters. The molecular weight excluding hydrogens is 696 g/mol. The molecule has 13 heteroatoms. The molecule has 282 valence electrons. The number of fused-ring (bicyclic) bond motifs is 2. The van der Waals surface area contributed by atoms with Gasteiger partial charge in [-0.25, -0.2) is 9.59 Å². The molecule has 0 radical (unpaired) electrons. The van der Waals surface area contributed by atoms with Crippen molar-refractivity contribution in [3.8, 4) is 0 Å². The number of allylic oxidation sites excluding steroid dienone is 3. The Balaban J connectivity index is 0.00000627. The number of anilines is 2. The Morgan fingerprint density at radius 2 is 1.58 bits per heavy atom. The third kappa shape index (κ3) is 9.43. The summed E-state index contributed by atoms with van der Waals surface area (Å²) in [6, 6.07) is 11.2. The summed E-state index contributed by atoms with van der Waals surface area (Å²) in [5.74, 6) is -2.27. The average Bonchev–Trinajstić information content (AvgIpc) is 3.46. The van der Waals surface area contributed by atoms with E-state index in [9.17, 15) is 29.1 Å². The van der Waals surface area contributed by atoms with Crippen molar-refractivity contribution in [1.82, 2.24) is 15.5 Å². The summed E-state index contributed by atoms with van der Waals surface area (Å²) >= 11 is 0. The van der Waals surface area contributed by atoms with Crippen LogP contribution in [0, 0.1) is 0 Å². The summed E-state index contributed by atoms with van der Waals surface area (Å²) in [6.45, 7) is 13.0. The molecule has 0 bridgehead atoms. The standard InChI is InChI=1S/C40H48N6O6.ClH/c1-5-44(6-2)29-11-14-31-26(23-29)22-27-24-30(45(7-3)8-4)12-15-32(27)38(31)33-13-10-28(25-34(33)39(50)51)43-40(52)42-20-9-19-41-35(47)18-21-46-36(48)16-17-37(46)49;/h10-17,23-25,29H,5-9,18-22H2,1-4H3,(H,41,47)(H,50,51)(H2,42,43,52);1H. The van der Waals surface area contributed by atoms with Crippen LogP contribution in [0.15, 0.2) is 77.9 Å². The number of hydrogen-bond donors (Lipinski definition) is 5. The van der Waals surface area contributed by atoms with Gasteiger partial charge in [-0.2, -0.15) is 0 Å². The third-order valence-electron chi connectivity index (χ3n) is 9.92. The third-order valence-corrected chi connectivity index (χ3v) is 9.92. The molecule has 2 aliphatic carbocycles. The molecule has 5 amide bonds. The Labute approximate surface area is 317 Å². The van der Waals surface area contributed by atoms with Gasteiger partial charge in [0.1, 0.15) is 6.04 Å². The van der Waals surface area contributed by atoms with E-state index >= 15 is 0 Å². The topological polar surface area (TPSA) is 153 Å². The summed E-state index contributed by atoms with van der Waals surface area (Å²) in [4.78, 5) is 65.7. The van der Waals surface area contributed by atoms with Gasteiger partial charge in [-0.15, -0.1) is 0 Å². The number of likely N-dealkylation sites (N-methyl/N-ethyl adjacent to an activating group) is 1. The number of carbonyl (C=O) groups excluding carboxylic acids is 4. The molecule has 0 spiro atoms. The van der Waals surface area contributed by atoms with E-state index in [1.54, 1.807) is 12.1 Å². The highest BCUT2D eigenvalue weighted by atomic mass is 35.5. The molecule has 53 heavy (non-hydrogen) atoms. The number of benzene rings is 2. The van der Waals surface area contributed by atoms with Gasteiger partial charge in [-0.3, -0.25) is 19.3 Å². The average molecular weight is 745 g/mol. The molecule has 0 saturated carbocycles. The van der Waals surface area contributed by atoms with E-state index in [2.05, 4.69) is 85.0 Å². The maximum atomic E-state index is 12.8. The van der Waals surface area contributed by atoms with Gasteiger partial charge in [0.05, 0.1) is 18.7 Å². The predicted octanol–water partition coefficient (Wildman–Crippen LogP) is 0.325. The minimum absolute atomic E-state index is 0. The molecular formula is C40H49ClN6O6. The number of halogens is 1. The van der Waals surface area contributed by atoms with E-state index in [4.69, 9.17) is 0 Å². The van der Waals surface area contributed by atoms with Crippen molar-refractivity contribution in [1.29, 1.82) is 0 Å². The fraction of sp³-hybridized carbons (Fsp3) is 0.375. The van der Waals surface area contributed by atoms with Crippen molar-refractivity contribution in [3.63, 3.8) is 0 Å². The lowest BCUT2D eigenvalue weighted by atomic mass is 9.76. The lowest BCUT2D eigenvalue weighted by Gasteiger charge is -2.32. The molecule has 0 saturated heterocycles. The van der Waals surface area contributed by atoms with Gasteiger partial charge in [0.25, 0.3) is 11.8 Å². The molecule has 5 rings (SSSR count). The largest absolute Gasteiger partial charge is 1.00 e. The molecule has 1 heterocycles. The Kier molecular flexibility index (Phi) is 14.2. The Bertz CT molecular complexity index is 1840. The zero-order valence-corrected chi connectivity index (χ0v) is 31.5. The van der Waals surface area contributed by atoms with Crippen molar-refractivity contribution < 1.29 is 46.4 Å². The van der Waals surface area contributed by atoms with Crippen LogP contribution in [0.1, 0.15) is 67.6 Å². The number of hydrogen-bond acceptors (Lipinski definition) is 6. The second-order valence-electron chi connectivity index (χ2n) is 13.0. The summed E-state index contributed by atoms with van der Waals surface area (Å²) in [6.07, 6.45) is 10.3. The normalized spacial score (nSPS) is 15.8. The fourth-order valence-electron chi connectivity index (χ4n) is 7.10. The summed E-state index contributed by atoms with van der Waals surface area (Å²) in [5, 5.41) is 18.6. The lowest BCUT2D eigenvalue weighted by molar-refractivity contribution is -0.908. The number of amides is 5. The maximum absolute atomic E-state index is 12.8. The molecule has 0 aromatic heterocycles. The monoisotopic (exact) mass is 744 g/mol. The quantitative estimate of drug-likeness (QED) is 0.123. The first kappa shape index (κ1) is 40.6. The highest BCUT2D eigenvalue weighted by molar-refractivity contribution is 6.13. The SMILES string of the molecule is CCN(CC)c1ccc2c(c1)CC1=CC([NH+](CC)CC)C=CC1=C2c1ccc(NC(=O)NCCCNC(=O)CCN2C(=O)C=CC2=O)cc1C(=O)O.[Cl-]. The van der Waals surface area contributed by atoms with Gasteiger partial charge < -0.3 is 43.3 Å². The number of aromatic carboxylic acids is 1. The molecule has 1 aliphatic heterocycles. The van der Waals surface area contributed by atoms with Crippen LogP contribution in [0.2, 0.25) is 0 Å². The smallest absolute Gasteiger partial charge is 0.336 e. The molecule has 0 fully saturated rings. The van der Waals surface area contributed by atoms with E-state index in [1.165, 1.54) is 28.7 Å². The van der Waals surface area contributed by atoms with Gasteiger partial charge >= 0.3 is 12.0 Å². The minimum Gasteiger partial charge on any atom is -1.00 e. The lowest BCUT2D eigenvalue weighted by Crippen LogP contribution is -3.14. The highest BCUT2D eigenvalue weighted by Gasteiger charge is 2.30. The summed E-state index contributed by atoms with van der Waals surface area (Å²) in [5.41, 5.74) is 7.38. The van der Waals surface area contributed by atoms with Crippen LogP contribution in [-0.2, 0) is 20.8 Å². The van der Waals surface area contributed by atoms with Crippen LogP contribution in [-0.4, -0.2) is 91.6 Å². The van der Waals surface area contributed by atoms with Gasteiger partial charge in [0.15, 0.2) is 0 Å². The number of carboxylic acid groups (broad SMARTS) is 1. The Hall–Kier alpha value is -5.20. The number of nitrogens with one attached hydrogen (secondary N) is 4. The van der Waals surface area contributed by atoms with E-state index in [0.29, 0.717) is 17.7 Å². The van der Waals surface area contributed by atoms with Crippen LogP contribution in [0.25, 0.3) is 5.57 Å². The Morgan fingerprint density at radius 1 is 0.906 bits per heavy atom. The number of urea groups is 1. The summed E-state index contributed by atoms with van der Waals surface area (Å²) < 4.78 is 0. The Morgan fingerprint density at radius 3 is 2.25 bits per heavy atom. The van der Waals surface area contributed by atoms with E-state index in [1.807, 2.05) is 0 Å². The maximum Gasteiger partial charge on any atom is 0.336 e. The molecule has 1 unspecified atom stereocenters. The number of nitrogens with zero attached hydrogens (tertiary/aromatic N) is 2. The second kappa shape index (κ2) is 18.5. The number of carboxylic acids is 1. The van der Waals surface area contributed by atoms with Gasteiger partial charge in [0.2, 0.25) is 5.91 Å². The fourth-order valence-corrected chi connectivity index (χ4v) is 7.10. The van der Waals surface area contributed by atoms with Crippen LogP contribution in [0.5, 0.6) is 0 Å². The minimum atomic E-state index is -1.10. The van der Waals surface area contributed by atoms with Crippen molar-refractivity contribution in [2.24, 2.45) is 0 Å².